The molecule has 1 aromatic carbocycles. The van der Waals surface area contributed by atoms with Crippen molar-refractivity contribution in [1.29, 1.82) is 0 Å². The first-order valence-corrected chi connectivity index (χ1v) is 8.26. The van der Waals surface area contributed by atoms with Crippen LogP contribution in [0.25, 0.3) is 0 Å². The molecule has 21 heavy (non-hydrogen) atoms. The number of thiophene rings is 1. The van der Waals surface area contributed by atoms with E-state index in [2.05, 4.69) is 40.6 Å². The standard InChI is InChI=1S/C17H20N2OS/c1-2-14(17(18)20)19-10-8-15-13(9-11-21-15)16(19)12-6-4-3-5-7-12/h3-7,9,11,14,16H,2,8,10H2,1H3,(H2,18,20). The Kier molecular flexibility index (Phi) is 4.08. The number of amides is 1. The second-order valence-electron chi connectivity index (χ2n) is 5.43. The molecule has 4 heteroatoms. The molecule has 1 amide bonds. The minimum absolute atomic E-state index is 0.138. The van der Waals surface area contributed by atoms with Crippen LogP contribution in [0, 0.1) is 0 Å². The fraction of sp³-hybridized carbons (Fsp3) is 0.353. The SMILES string of the molecule is CCC(C(N)=O)N1CCc2sccc2C1c1ccccc1. The van der Waals surface area contributed by atoms with Gasteiger partial charge in [0, 0.05) is 11.4 Å². The zero-order chi connectivity index (χ0) is 14.8. The lowest BCUT2D eigenvalue weighted by Gasteiger charge is -2.40. The van der Waals surface area contributed by atoms with Gasteiger partial charge in [0.25, 0.3) is 0 Å². The minimum atomic E-state index is -0.225. The first-order chi connectivity index (χ1) is 10.2. The summed E-state index contributed by atoms with van der Waals surface area (Å²) in [6.07, 6.45) is 1.75. The Morgan fingerprint density at radius 1 is 1.38 bits per heavy atom. The molecule has 3 rings (SSSR count). The van der Waals surface area contributed by atoms with Gasteiger partial charge in [0.2, 0.25) is 5.91 Å². The van der Waals surface area contributed by atoms with Crippen LogP contribution in [0.1, 0.15) is 35.4 Å². The number of fused-ring (bicyclic) bond motifs is 1. The molecule has 0 saturated heterocycles. The maximum absolute atomic E-state index is 11.8. The first kappa shape index (κ1) is 14.3. The van der Waals surface area contributed by atoms with Crippen molar-refractivity contribution in [1.82, 2.24) is 4.90 Å². The largest absolute Gasteiger partial charge is 0.368 e. The van der Waals surface area contributed by atoms with E-state index in [9.17, 15) is 4.79 Å². The molecule has 2 heterocycles. The van der Waals surface area contributed by atoms with Gasteiger partial charge in [0.05, 0.1) is 12.1 Å². The van der Waals surface area contributed by atoms with E-state index in [1.807, 2.05) is 24.3 Å². The highest BCUT2D eigenvalue weighted by molar-refractivity contribution is 7.10. The fourth-order valence-electron chi connectivity index (χ4n) is 3.28. The van der Waals surface area contributed by atoms with Crippen LogP contribution < -0.4 is 5.73 Å². The van der Waals surface area contributed by atoms with Crippen LogP contribution in [0.4, 0.5) is 0 Å². The van der Waals surface area contributed by atoms with E-state index in [4.69, 9.17) is 5.73 Å². The summed E-state index contributed by atoms with van der Waals surface area (Å²) in [5.41, 5.74) is 8.20. The molecule has 0 bridgehead atoms. The quantitative estimate of drug-likeness (QED) is 0.943. The summed E-state index contributed by atoms with van der Waals surface area (Å²) >= 11 is 1.81. The van der Waals surface area contributed by atoms with Crippen LogP contribution in [0.5, 0.6) is 0 Å². The van der Waals surface area contributed by atoms with Gasteiger partial charge >= 0.3 is 0 Å². The number of benzene rings is 1. The lowest BCUT2D eigenvalue weighted by atomic mass is 9.91. The van der Waals surface area contributed by atoms with E-state index in [-0.39, 0.29) is 18.0 Å². The van der Waals surface area contributed by atoms with Crippen molar-refractivity contribution in [3.63, 3.8) is 0 Å². The summed E-state index contributed by atoms with van der Waals surface area (Å²) in [7, 11) is 0. The summed E-state index contributed by atoms with van der Waals surface area (Å²) in [4.78, 5) is 15.5. The maximum Gasteiger partial charge on any atom is 0.234 e. The van der Waals surface area contributed by atoms with Crippen molar-refractivity contribution in [2.75, 3.05) is 6.54 Å². The molecule has 0 saturated carbocycles. The Balaban J connectivity index is 2.06. The normalized spacial score (nSPS) is 20.0. The monoisotopic (exact) mass is 300 g/mol. The molecule has 2 unspecified atom stereocenters. The fourth-order valence-corrected chi connectivity index (χ4v) is 4.18. The van der Waals surface area contributed by atoms with Crippen molar-refractivity contribution in [3.05, 3.63) is 57.8 Å². The molecule has 1 aliphatic heterocycles. The van der Waals surface area contributed by atoms with Gasteiger partial charge in [-0.25, -0.2) is 0 Å². The molecule has 0 spiro atoms. The van der Waals surface area contributed by atoms with E-state index in [0.717, 1.165) is 19.4 Å². The van der Waals surface area contributed by atoms with Crippen molar-refractivity contribution in [2.24, 2.45) is 5.73 Å². The maximum atomic E-state index is 11.8. The molecule has 3 nitrogen and oxygen atoms in total. The van der Waals surface area contributed by atoms with Crippen LogP contribution in [0.2, 0.25) is 0 Å². The van der Waals surface area contributed by atoms with Gasteiger partial charge in [0.1, 0.15) is 0 Å². The lowest BCUT2D eigenvalue weighted by Crippen LogP contribution is -2.49. The van der Waals surface area contributed by atoms with Crippen LogP contribution >= 0.6 is 11.3 Å². The van der Waals surface area contributed by atoms with Gasteiger partial charge in [-0.05, 0) is 35.4 Å². The zero-order valence-corrected chi connectivity index (χ0v) is 13.0. The van der Waals surface area contributed by atoms with Crippen LogP contribution in [0.15, 0.2) is 41.8 Å². The Morgan fingerprint density at radius 3 is 2.81 bits per heavy atom. The highest BCUT2D eigenvalue weighted by atomic mass is 32.1. The number of nitrogens with two attached hydrogens (primary N) is 1. The molecule has 1 aromatic heterocycles. The molecular weight excluding hydrogens is 280 g/mol. The molecule has 2 N–H and O–H groups in total. The van der Waals surface area contributed by atoms with Crippen molar-refractivity contribution in [2.45, 2.75) is 31.8 Å². The summed E-state index contributed by atoms with van der Waals surface area (Å²) in [5.74, 6) is -0.225. The average Bonchev–Trinajstić information content (AvgIpc) is 2.96. The number of rotatable bonds is 4. The summed E-state index contributed by atoms with van der Waals surface area (Å²) in [6, 6.07) is 12.5. The van der Waals surface area contributed by atoms with Gasteiger partial charge in [-0.15, -0.1) is 11.3 Å². The third-order valence-electron chi connectivity index (χ3n) is 4.23. The molecule has 0 radical (unpaired) electrons. The van der Waals surface area contributed by atoms with Crippen molar-refractivity contribution < 1.29 is 4.79 Å². The van der Waals surface area contributed by atoms with Crippen molar-refractivity contribution >= 4 is 17.2 Å². The second-order valence-corrected chi connectivity index (χ2v) is 6.43. The molecule has 110 valence electrons. The van der Waals surface area contributed by atoms with Crippen LogP contribution in [0.3, 0.4) is 0 Å². The van der Waals surface area contributed by atoms with E-state index in [1.165, 1.54) is 16.0 Å². The predicted octanol–water partition coefficient (Wildman–Crippen LogP) is 2.96. The molecule has 0 fully saturated rings. The summed E-state index contributed by atoms with van der Waals surface area (Å²) in [5, 5.41) is 2.15. The number of hydrogen-bond acceptors (Lipinski definition) is 3. The average molecular weight is 300 g/mol. The lowest BCUT2D eigenvalue weighted by molar-refractivity contribution is -0.124. The summed E-state index contributed by atoms with van der Waals surface area (Å²) < 4.78 is 0. The number of primary amides is 1. The topological polar surface area (TPSA) is 46.3 Å². The Hall–Kier alpha value is -1.65. The van der Waals surface area contributed by atoms with Gasteiger partial charge < -0.3 is 5.73 Å². The van der Waals surface area contributed by atoms with Crippen LogP contribution in [-0.4, -0.2) is 23.4 Å². The predicted molar refractivity (Wildman–Crippen MR) is 86.3 cm³/mol. The number of carbonyl (C=O) groups is 1. The third kappa shape index (κ3) is 2.61. The van der Waals surface area contributed by atoms with Gasteiger partial charge in [-0.1, -0.05) is 37.3 Å². The Morgan fingerprint density at radius 2 is 2.14 bits per heavy atom. The first-order valence-electron chi connectivity index (χ1n) is 7.38. The minimum Gasteiger partial charge on any atom is -0.368 e. The molecule has 0 aliphatic carbocycles. The number of nitrogens with zero attached hydrogens (tertiary/aromatic N) is 1. The number of carbonyl (C=O) groups excluding carboxylic acids is 1. The number of hydrogen-bond donors (Lipinski definition) is 1. The summed E-state index contributed by atoms with van der Waals surface area (Å²) in [6.45, 7) is 2.91. The van der Waals surface area contributed by atoms with E-state index in [1.54, 1.807) is 0 Å². The molecule has 2 atom stereocenters. The van der Waals surface area contributed by atoms with Crippen molar-refractivity contribution in [3.8, 4) is 0 Å². The van der Waals surface area contributed by atoms with Gasteiger partial charge in [-0.3, -0.25) is 9.69 Å². The van der Waals surface area contributed by atoms with E-state index < -0.39 is 0 Å². The van der Waals surface area contributed by atoms with Gasteiger partial charge in [0.15, 0.2) is 0 Å². The third-order valence-corrected chi connectivity index (χ3v) is 5.23. The molecular formula is C17H20N2OS. The molecule has 1 aliphatic rings. The smallest absolute Gasteiger partial charge is 0.234 e. The molecule has 2 aromatic rings. The van der Waals surface area contributed by atoms with E-state index >= 15 is 0 Å². The second kappa shape index (κ2) is 6.00. The highest BCUT2D eigenvalue weighted by Gasteiger charge is 2.35. The highest BCUT2D eigenvalue weighted by Crippen LogP contribution is 2.39. The zero-order valence-electron chi connectivity index (χ0n) is 12.2. The van der Waals surface area contributed by atoms with E-state index in [0.29, 0.717) is 0 Å². The van der Waals surface area contributed by atoms with Gasteiger partial charge in [-0.2, -0.15) is 0 Å². The van der Waals surface area contributed by atoms with Crippen LogP contribution in [-0.2, 0) is 11.2 Å². The Labute approximate surface area is 129 Å². The Bertz CT molecular complexity index is 623.